The van der Waals surface area contributed by atoms with Crippen molar-refractivity contribution in [2.24, 2.45) is 0 Å². The van der Waals surface area contributed by atoms with Crippen molar-refractivity contribution in [3.8, 4) is 0 Å². The molecule has 0 bridgehead atoms. The van der Waals surface area contributed by atoms with Gasteiger partial charge < -0.3 is 19.7 Å². The third-order valence-electron chi connectivity index (χ3n) is 2.76. The molecule has 1 aliphatic rings. The number of hydrogen-bond acceptors (Lipinski definition) is 3. The standard InChI is InChI=1S/C11H22N2O2S/c1-3-10-9-15-8-6-13(10)11(16)12-5-4-7-14-2/h10H,3-9H2,1-2H3,(H,12,16). The highest BCUT2D eigenvalue weighted by Gasteiger charge is 2.22. The first-order valence-electron chi connectivity index (χ1n) is 5.90. The summed E-state index contributed by atoms with van der Waals surface area (Å²) in [7, 11) is 1.72. The average molecular weight is 246 g/mol. The number of nitrogens with zero attached hydrogens (tertiary/aromatic N) is 1. The van der Waals surface area contributed by atoms with E-state index >= 15 is 0 Å². The zero-order chi connectivity index (χ0) is 11.8. The van der Waals surface area contributed by atoms with Crippen LogP contribution in [-0.2, 0) is 9.47 Å². The molecule has 4 nitrogen and oxygen atoms in total. The predicted octanol–water partition coefficient (Wildman–Crippen LogP) is 1.01. The summed E-state index contributed by atoms with van der Waals surface area (Å²) < 4.78 is 10.4. The molecule has 1 heterocycles. The highest BCUT2D eigenvalue weighted by molar-refractivity contribution is 7.80. The van der Waals surface area contributed by atoms with Crippen LogP contribution >= 0.6 is 12.2 Å². The van der Waals surface area contributed by atoms with Gasteiger partial charge in [-0.05, 0) is 25.1 Å². The van der Waals surface area contributed by atoms with Crippen LogP contribution in [0.4, 0.5) is 0 Å². The van der Waals surface area contributed by atoms with Crippen molar-refractivity contribution < 1.29 is 9.47 Å². The van der Waals surface area contributed by atoms with Crippen LogP contribution in [0.2, 0.25) is 0 Å². The van der Waals surface area contributed by atoms with Crippen LogP contribution in [0.5, 0.6) is 0 Å². The first-order chi connectivity index (χ1) is 7.79. The lowest BCUT2D eigenvalue weighted by atomic mass is 10.2. The molecule has 0 aromatic carbocycles. The maximum atomic E-state index is 5.45. The van der Waals surface area contributed by atoms with Crippen LogP contribution in [0.3, 0.4) is 0 Å². The highest BCUT2D eigenvalue weighted by Crippen LogP contribution is 2.10. The van der Waals surface area contributed by atoms with E-state index in [1.165, 1.54) is 0 Å². The summed E-state index contributed by atoms with van der Waals surface area (Å²) in [6.45, 7) is 6.28. The summed E-state index contributed by atoms with van der Waals surface area (Å²) in [5.41, 5.74) is 0. The minimum absolute atomic E-state index is 0.427. The van der Waals surface area contributed by atoms with Crippen LogP contribution < -0.4 is 5.32 Å². The fourth-order valence-electron chi connectivity index (χ4n) is 1.77. The first kappa shape index (κ1) is 13.7. The molecular weight excluding hydrogens is 224 g/mol. The summed E-state index contributed by atoms with van der Waals surface area (Å²) in [5, 5.41) is 4.13. The van der Waals surface area contributed by atoms with Crippen molar-refractivity contribution in [1.82, 2.24) is 10.2 Å². The van der Waals surface area contributed by atoms with E-state index < -0.39 is 0 Å². The molecule has 1 N–H and O–H groups in total. The third kappa shape index (κ3) is 4.23. The van der Waals surface area contributed by atoms with E-state index in [2.05, 4.69) is 17.1 Å². The molecule has 94 valence electrons. The Hall–Kier alpha value is -0.390. The summed E-state index contributed by atoms with van der Waals surface area (Å²) in [6.07, 6.45) is 2.05. The molecule has 0 saturated carbocycles. The minimum Gasteiger partial charge on any atom is -0.385 e. The Morgan fingerprint density at radius 3 is 3.12 bits per heavy atom. The maximum Gasteiger partial charge on any atom is 0.169 e. The zero-order valence-electron chi connectivity index (χ0n) is 10.2. The van der Waals surface area contributed by atoms with E-state index in [9.17, 15) is 0 Å². The van der Waals surface area contributed by atoms with E-state index in [1.54, 1.807) is 7.11 Å². The van der Waals surface area contributed by atoms with Gasteiger partial charge in [0.25, 0.3) is 0 Å². The van der Waals surface area contributed by atoms with Crippen LogP contribution in [0, 0.1) is 0 Å². The Morgan fingerprint density at radius 1 is 1.62 bits per heavy atom. The third-order valence-corrected chi connectivity index (χ3v) is 3.14. The molecule has 1 saturated heterocycles. The Kier molecular flexibility index (Phi) is 6.68. The Morgan fingerprint density at radius 2 is 2.44 bits per heavy atom. The largest absolute Gasteiger partial charge is 0.385 e. The molecular formula is C11H22N2O2S. The van der Waals surface area contributed by atoms with E-state index in [-0.39, 0.29) is 0 Å². The fourth-order valence-corrected chi connectivity index (χ4v) is 2.12. The molecule has 1 fully saturated rings. The van der Waals surface area contributed by atoms with Gasteiger partial charge in [-0.1, -0.05) is 6.92 Å². The topological polar surface area (TPSA) is 33.7 Å². The van der Waals surface area contributed by atoms with Crippen LogP contribution in [-0.4, -0.2) is 56.1 Å². The summed E-state index contributed by atoms with van der Waals surface area (Å²) in [5.74, 6) is 0. The van der Waals surface area contributed by atoms with Gasteiger partial charge in [0.2, 0.25) is 0 Å². The minimum atomic E-state index is 0.427. The van der Waals surface area contributed by atoms with Gasteiger partial charge in [-0.25, -0.2) is 0 Å². The first-order valence-corrected chi connectivity index (χ1v) is 6.31. The number of thiocarbonyl (C=S) groups is 1. The molecule has 0 spiro atoms. The van der Waals surface area contributed by atoms with Crippen molar-refractivity contribution in [2.75, 3.05) is 40.0 Å². The van der Waals surface area contributed by atoms with E-state index in [0.717, 1.165) is 50.9 Å². The molecule has 0 aliphatic carbocycles. The number of morpholine rings is 1. The van der Waals surface area contributed by atoms with Gasteiger partial charge in [-0.3, -0.25) is 0 Å². The van der Waals surface area contributed by atoms with Crippen molar-refractivity contribution in [3.63, 3.8) is 0 Å². The zero-order valence-corrected chi connectivity index (χ0v) is 11.0. The molecule has 1 atom stereocenters. The number of rotatable bonds is 5. The van der Waals surface area contributed by atoms with Crippen molar-refractivity contribution in [2.45, 2.75) is 25.8 Å². The SMILES string of the molecule is CCC1COCCN1C(=S)NCCCOC. The Bertz CT molecular complexity index is 214. The quantitative estimate of drug-likeness (QED) is 0.578. The molecule has 0 amide bonds. The van der Waals surface area contributed by atoms with Crippen molar-refractivity contribution in [3.05, 3.63) is 0 Å². The average Bonchev–Trinajstić information content (AvgIpc) is 2.34. The van der Waals surface area contributed by atoms with Gasteiger partial charge >= 0.3 is 0 Å². The molecule has 0 aromatic rings. The molecule has 0 aromatic heterocycles. The van der Waals surface area contributed by atoms with Gasteiger partial charge in [-0.2, -0.15) is 0 Å². The van der Waals surface area contributed by atoms with Crippen molar-refractivity contribution in [1.29, 1.82) is 0 Å². The van der Waals surface area contributed by atoms with Crippen molar-refractivity contribution >= 4 is 17.3 Å². The number of methoxy groups -OCH3 is 1. The second-order valence-corrected chi connectivity index (χ2v) is 4.30. The molecule has 16 heavy (non-hydrogen) atoms. The molecule has 0 radical (unpaired) electrons. The van der Waals surface area contributed by atoms with Crippen LogP contribution in [0.25, 0.3) is 0 Å². The smallest absolute Gasteiger partial charge is 0.169 e. The summed E-state index contributed by atoms with van der Waals surface area (Å²) in [6, 6.07) is 0.427. The van der Waals surface area contributed by atoms with E-state index in [1.807, 2.05) is 0 Å². The maximum absolute atomic E-state index is 5.45. The lowest BCUT2D eigenvalue weighted by molar-refractivity contribution is 0.0248. The van der Waals surface area contributed by atoms with Gasteiger partial charge in [0.05, 0.1) is 19.3 Å². The summed E-state index contributed by atoms with van der Waals surface area (Å²) >= 11 is 5.39. The Balaban J connectivity index is 2.27. The lowest BCUT2D eigenvalue weighted by Gasteiger charge is -2.37. The van der Waals surface area contributed by atoms with Gasteiger partial charge in [-0.15, -0.1) is 0 Å². The fraction of sp³-hybridized carbons (Fsp3) is 0.909. The second-order valence-electron chi connectivity index (χ2n) is 3.91. The van der Waals surface area contributed by atoms with Crippen LogP contribution in [0.1, 0.15) is 19.8 Å². The van der Waals surface area contributed by atoms with Gasteiger partial charge in [0.15, 0.2) is 5.11 Å². The molecule has 1 rings (SSSR count). The molecule has 5 heteroatoms. The van der Waals surface area contributed by atoms with E-state index in [0.29, 0.717) is 6.04 Å². The molecule has 1 aliphatic heterocycles. The predicted molar refractivity (Wildman–Crippen MR) is 68.7 cm³/mol. The van der Waals surface area contributed by atoms with Crippen LogP contribution in [0.15, 0.2) is 0 Å². The summed E-state index contributed by atoms with van der Waals surface area (Å²) in [4.78, 5) is 2.24. The molecule has 1 unspecified atom stereocenters. The lowest BCUT2D eigenvalue weighted by Crippen LogP contribution is -2.52. The van der Waals surface area contributed by atoms with E-state index in [4.69, 9.17) is 21.7 Å². The number of hydrogen-bond donors (Lipinski definition) is 1. The monoisotopic (exact) mass is 246 g/mol. The highest BCUT2D eigenvalue weighted by atomic mass is 32.1. The van der Waals surface area contributed by atoms with Gasteiger partial charge in [0.1, 0.15) is 0 Å². The van der Waals surface area contributed by atoms with Gasteiger partial charge in [0, 0.05) is 26.8 Å². The number of nitrogens with one attached hydrogen (secondary N) is 1. The Labute approximate surface area is 103 Å². The number of ether oxygens (including phenoxy) is 2. The normalized spacial score (nSPS) is 20.9. The second kappa shape index (κ2) is 7.81.